The second kappa shape index (κ2) is 11.7. The van der Waals surface area contributed by atoms with Crippen molar-refractivity contribution >= 4 is 37.4 Å². The molecule has 11 heteroatoms. The van der Waals surface area contributed by atoms with Gasteiger partial charge in [-0.2, -0.15) is 0 Å². The lowest BCUT2D eigenvalue weighted by Crippen LogP contribution is -2.49. The van der Waals surface area contributed by atoms with Crippen molar-refractivity contribution in [2.75, 3.05) is 26.9 Å². The number of aliphatic carboxylic acids is 1. The predicted octanol–water partition coefficient (Wildman–Crippen LogP) is 3.39. The number of carbonyl (C=O) groups excluding carboxylic acids is 2. The van der Waals surface area contributed by atoms with E-state index in [2.05, 4.69) is 36.4 Å². The number of nitrogens with zero attached hydrogens (tertiary/aromatic N) is 1. The molecule has 0 aliphatic rings. The van der Waals surface area contributed by atoms with E-state index in [1.165, 1.54) is 11.3 Å². The lowest BCUT2D eigenvalue weighted by molar-refractivity contribution is -0.140. The van der Waals surface area contributed by atoms with Crippen LogP contribution in [0.5, 0.6) is 0 Å². The molecule has 0 radical (unpaired) electrons. The Hall–Kier alpha value is -2.60. The predicted molar refractivity (Wildman–Crippen MR) is 134 cm³/mol. The standard InChI is InChI=1S/C23H33N3O6SSi/c1-23(2,3)34(5,6)32-13-17(22(29)30)25-20(28)18-14-33-21(26-18)16-9-7-15(8-10-16)19(27)24-11-12-31-4/h7-10,14,17H,11-13H2,1-6H3,(H,24,27)(H,25,28)(H,29,30)/t17-/m0/s1. The number of nitrogens with one attached hydrogen (secondary N) is 2. The van der Waals surface area contributed by atoms with Crippen LogP contribution in [0.1, 0.15) is 41.6 Å². The van der Waals surface area contributed by atoms with Gasteiger partial charge in [-0.1, -0.05) is 32.9 Å². The summed E-state index contributed by atoms with van der Waals surface area (Å²) in [7, 11) is -0.605. The van der Waals surface area contributed by atoms with Crippen LogP contribution in [0.15, 0.2) is 29.6 Å². The molecule has 0 aliphatic carbocycles. The number of carboxylic acid groups (broad SMARTS) is 1. The van der Waals surface area contributed by atoms with Crippen molar-refractivity contribution in [1.82, 2.24) is 15.6 Å². The van der Waals surface area contributed by atoms with Gasteiger partial charge in [-0.25, -0.2) is 9.78 Å². The highest BCUT2D eigenvalue weighted by Crippen LogP contribution is 2.36. The van der Waals surface area contributed by atoms with Crippen molar-refractivity contribution in [2.45, 2.75) is 44.9 Å². The highest BCUT2D eigenvalue weighted by atomic mass is 32.1. The van der Waals surface area contributed by atoms with Crippen molar-refractivity contribution in [3.8, 4) is 10.6 Å². The van der Waals surface area contributed by atoms with Crippen LogP contribution in [0.25, 0.3) is 10.6 Å². The zero-order valence-electron chi connectivity index (χ0n) is 20.4. The molecule has 186 valence electrons. The maximum Gasteiger partial charge on any atom is 0.328 e. The van der Waals surface area contributed by atoms with Gasteiger partial charge in [0.15, 0.2) is 8.32 Å². The molecule has 1 aromatic heterocycles. The van der Waals surface area contributed by atoms with Gasteiger partial charge in [-0.15, -0.1) is 11.3 Å². The van der Waals surface area contributed by atoms with Crippen molar-refractivity contribution in [2.24, 2.45) is 0 Å². The Morgan fingerprint density at radius 1 is 1.15 bits per heavy atom. The van der Waals surface area contributed by atoms with Crippen molar-refractivity contribution in [1.29, 1.82) is 0 Å². The molecule has 0 saturated carbocycles. The Morgan fingerprint density at radius 2 is 1.79 bits per heavy atom. The SMILES string of the molecule is COCCNC(=O)c1ccc(-c2nc(C(=O)N[C@@H](CO[Si](C)(C)C(C)(C)C)C(=O)O)cs2)cc1. The summed E-state index contributed by atoms with van der Waals surface area (Å²) in [5, 5.41) is 16.9. The van der Waals surface area contributed by atoms with E-state index < -0.39 is 26.2 Å². The Labute approximate surface area is 205 Å². The molecule has 0 saturated heterocycles. The maximum atomic E-state index is 12.7. The fourth-order valence-corrected chi connectivity index (χ4v) is 4.38. The molecular weight excluding hydrogens is 474 g/mol. The molecule has 1 aromatic carbocycles. The molecule has 2 amide bonds. The van der Waals surface area contributed by atoms with E-state index in [1.807, 2.05) is 13.1 Å². The summed E-state index contributed by atoms with van der Waals surface area (Å²) in [5.41, 5.74) is 1.37. The Kier molecular flexibility index (Phi) is 9.51. The first-order valence-electron chi connectivity index (χ1n) is 10.9. The lowest BCUT2D eigenvalue weighted by Gasteiger charge is -2.36. The average molecular weight is 508 g/mol. The molecule has 9 nitrogen and oxygen atoms in total. The highest BCUT2D eigenvalue weighted by molar-refractivity contribution is 7.13. The summed E-state index contributed by atoms with van der Waals surface area (Å²) in [6.45, 7) is 11.0. The third-order valence-corrected chi connectivity index (χ3v) is 11.1. The number of hydrogen-bond donors (Lipinski definition) is 3. The van der Waals surface area contributed by atoms with Crippen LogP contribution in [0, 0.1) is 0 Å². The number of rotatable bonds is 11. The van der Waals surface area contributed by atoms with Crippen molar-refractivity contribution in [3.63, 3.8) is 0 Å². The van der Waals surface area contributed by atoms with Gasteiger partial charge in [0.1, 0.15) is 16.7 Å². The van der Waals surface area contributed by atoms with Gasteiger partial charge in [0.25, 0.3) is 11.8 Å². The topological polar surface area (TPSA) is 127 Å². The number of carbonyl (C=O) groups is 3. The molecule has 0 bridgehead atoms. The second-order valence-corrected chi connectivity index (χ2v) is 15.0. The molecule has 3 N–H and O–H groups in total. The summed E-state index contributed by atoms with van der Waals surface area (Å²) in [5.74, 6) is -1.95. The smallest absolute Gasteiger partial charge is 0.328 e. The number of thiazole rings is 1. The number of aromatic nitrogens is 1. The molecule has 0 fully saturated rings. The van der Waals surface area contributed by atoms with E-state index in [0.717, 1.165) is 5.56 Å². The first kappa shape index (κ1) is 27.6. The molecule has 0 unspecified atom stereocenters. The molecular formula is C23H33N3O6SSi. The summed E-state index contributed by atoms with van der Waals surface area (Å²) in [4.78, 5) is 40.8. The molecule has 0 aliphatic heterocycles. The van der Waals surface area contributed by atoms with Gasteiger partial charge in [-0.3, -0.25) is 9.59 Å². The van der Waals surface area contributed by atoms with Crippen LogP contribution in [0.4, 0.5) is 0 Å². The molecule has 1 atom stereocenters. The largest absolute Gasteiger partial charge is 0.480 e. The van der Waals surface area contributed by atoms with Crippen LogP contribution >= 0.6 is 11.3 Å². The van der Waals surface area contributed by atoms with Crippen LogP contribution in [-0.4, -0.2) is 69.1 Å². The summed E-state index contributed by atoms with van der Waals surface area (Å²) in [6, 6.07) is 5.68. The molecule has 1 heterocycles. The number of benzene rings is 1. The molecule has 0 spiro atoms. The zero-order valence-corrected chi connectivity index (χ0v) is 22.2. The second-order valence-electron chi connectivity index (χ2n) is 9.30. The number of ether oxygens (including phenoxy) is 1. The third kappa shape index (κ3) is 7.45. The van der Waals surface area contributed by atoms with Gasteiger partial charge >= 0.3 is 5.97 Å². The number of carboxylic acids is 1. The van der Waals surface area contributed by atoms with Gasteiger partial charge in [0.2, 0.25) is 0 Å². The normalized spacial score (nSPS) is 12.8. The van der Waals surface area contributed by atoms with E-state index >= 15 is 0 Å². The highest BCUT2D eigenvalue weighted by Gasteiger charge is 2.38. The Balaban J connectivity index is 2.03. The molecule has 2 rings (SSSR count). The van der Waals surface area contributed by atoms with E-state index in [0.29, 0.717) is 23.7 Å². The summed E-state index contributed by atoms with van der Waals surface area (Å²) in [6.07, 6.45) is 0. The third-order valence-electron chi connectivity index (χ3n) is 5.74. The van der Waals surface area contributed by atoms with Crippen molar-refractivity contribution in [3.05, 3.63) is 40.9 Å². The Morgan fingerprint density at radius 3 is 2.35 bits per heavy atom. The van der Waals surface area contributed by atoms with Gasteiger partial charge in [0, 0.05) is 30.2 Å². The molecule has 2 aromatic rings. The molecule has 34 heavy (non-hydrogen) atoms. The van der Waals surface area contributed by atoms with Crippen LogP contribution in [0.2, 0.25) is 18.1 Å². The number of hydrogen-bond acceptors (Lipinski definition) is 7. The van der Waals surface area contributed by atoms with E-state index in [4.69, 9.17) is 9.16 Å². The van der Waals surface area contributed by atoms with E-state index in [-0.39, 0.29) is 23.2 Å². The minimum absolute atomic E-state index is 0.0793. The fraction of sp³-hybridized carbons (Fsp3) is 0.478. The monoisotopic (exact) mass is 507 g/mol. The fourth-order valence-electron chi connectivity index (χ4n) is 2.56. The summed E-state index contributed by atoms with van der Waals surface area (Å²) < 4.78 is 10.9. The minimum Gasteiger partial charge on any atom is -0.480 e. The van der Waals surface area contributed by atoms with Crippen LogP contribution < -0.4 is 10.6 Å². The maximum absolute atomic E-state index is 12.7. The van der Waals surface area contributed by atoms with E-state index in [9.17, 15) is 19.5 Å². The number of methoxy groups -OCH3 is 1. The van der Waals surface area contributed by atoms with Gasteiger partial charge in [0.05, 0.1) is 13.2 Å². The number of amides is 2. The minimum atomic E-state index is -2.17. The average Bonchev–Trinajstić information content (AvgIpc) is 3.26. The first-order chi connectivity index (χ1) is 15.9. The Bertz CT molecular complexity index is 1000. The van der Waals surface area contributed by atoms with Crippen LogP contribution in [0.3, 0.4) is 0 Å². The van der Waals surface area contributed by atoms with Crippen molar-refractivity contribution < 1.29 is 28.7 Å². The van der Waals surface area contributed by atoms with Gasteiger partial charge in [-0.05, 0) is 30.3 Å². The van der Waals surface area contributed by atoms with Crippen LogP contribution in [-0.2, 0) is 14.0 Å². The zero-order chi connectivity index (χ0) is 25.5. The quantitative estimate of drug-likeness (QED) is 0.314. The first-order valence-corrected chi connectivity index (χ1v) is 14.6. The lowest BCUT2D eigenvalue weighted by atomic mass is 10.1. The van der Waals surface area contributed by atoms with E-state index in [1.54, 1.807) is 36.8 Å². The summed E-state index contributed by atoms with van der Waals surface area (Å²) >= 11 is 1.26. The van der Waals surface area contributed by atoms with Gasteiger partial charge < -0.3 is 24.9 Å².